The molecule has 3 heterocycles. The van der Waals surface area contributed by atoms with Crippen molar-refractivity contribution in [2.75, 3.05) is 41.0 Å². The zero-order valence-electron chi connectivity index (χ0n) is 23.9. The van der Waals surface area contributed by atoms with E-state index in [1.165, 1.54) is 46.1 Å². The van der Waals surface area contributed by atoms with Gasteiger partial charge in [0.05, 0.1) is 25.7 Å². The smallest absolute Gasteiger partial charge is 0.332 e. The Bertz CT molecular complexity index is 1580. The van der Waals surface area contributed by atoms with Gasteiger partial charge in [0.25, 0.3) is 5.56 Å². The van der Waals surface area contributed by atoms with Crippen molar-refractivity contribution in [3.05, 3.63) is 74.4 Å². The van der Waals surface area contributed by atoms with E-state index in [-0.39, 0.29) is 32.0 Å². The summed E-state index contributed by atoms with van der Waals surface area (Å²) < 4.78 is 27.9. The third-order valence-corrected chi connectivity index (χ3v) is 7.71. The fourth-order valence-corrected chi connectivity index (χ4v) is 5.57. The number of benzene rings is 1. The Morgan fingerprint density at radius 2 is 1.98 bits per heavy atom. The van der Waals surface area contributed by atoms with E-state index in [1.54, 1.807) is 44.2 Å². The van der Waals surface area contributed by atoms with Crippen molar-refractivity contribution in [2.24, 2.45) is 0 Å². The monoisotopic (exact) mass is 589 g/mol. The molecule has 0 spiro atoms. The van der Waals surface area contributed by atoms with E-state index < -0.39 is 17.1 Å². The number of likely N-dealkylation sites (N-methyl/N-ethyl adjacent to an activating group) is 1. The number of rotatable bonds is 11. The fourth-order valence-electron chi connectivity index (χ4n) is 4.31. The highest BCUT2D eigenvalue weighted by Crippen LogP contribution is 2.31. The zero-order chi connectivity index (χ0) is 30.1. The number of fused-ring (bicyclic) bond motifs is 1. The van der Waals surface area contributed by atoms with Crippen LogP contribution in [0, 0.1) is 12.7 Å². The van der Waals surface area contributed by atoms with Crippen LogP contribution < -0.4 is 16.0 Å². The summed E-state index contributed by atoms with van der Waals surface area (Å²) in [5.41, 5.74) is 0.160. The summed E-state index contributed by atoms with van der Waals surface area (Å²) in [7, 11) is 4.70. The van der Waals surface area contributed by atoms with Gasteiger partial charge in [-0.1, -0.05) is 18.3 Å². The second-order valence-electron chi connectivity index (χ2n) is 9.23. The van der Waals surface area contributed by atoms with Gasteiger partial charge in [-0.2, -0.15) is 5.10 Å². The predicted molar refractivity (Wildman–Crippen MR) is 156 cm³/mol. The average molecular weight is 590 g/mol. The Labute approximate surface area is 241 Å². The Hall–Kier alpha value is -3.81. The molecule has 1 N–H and O–H groups in total. The predicted octanol–water partition coefficient (Wildman–Crippen LogP) is 2.60. The van der Waals surface area contributed by atoms with Crippen molar-refractivity contribution in [3.63, 3.8) is 0 Å². The van der Waals surface area contributed by atoms with Crippen molar-refractivity contribution in [1.82, 2.24) is 23.8 Å². The Morgan fingerprint density at radius 1 is 1.22 bits per heavy atom. The van der Waals surface area contributed by atoms with Gasteiger partial charge in [-0.15, -0.1) is 0 Å². The van der Waals surface area contributed by atoms with E-state index in [0.717, 1.165) is 11.0 Å². The molecule has 4 aromatic rings. The molecule has 3 aromatic heterocycles. The van der Waals surface area contributed by atoms with Gasteiger partial charge in [0, 0.05) is 45.2 Å². The van der Waals surface area contributed by atoms with Gasteiger partial charge in [-0.05, 0) is 49.6 Å². The van der Waals surface area contributed by atoms with Gasteiger partial charge in [0.15, 0.2) is 0 Å². The molecule has 4 rings (SSSR count). The van der Waals surface area contributed by atoms with Gasteiger partial charge in [0.1, 0.15) is 27.9 Å². The molecule has 0 bridgehead atoms. The highest BCUT2D eigenvalue weighted by atomic mass is 32.1. The van der Waals surface area contributed by atoms with Crippen LogP contribution in [-0.4, -0.2) is 75.9 Å². The van der Waals surface area contributed by atoms with Crippen LogP contribution >= 0.6 is 11.3 Å². The van der Waals surface area contributed by atoms with Crippen molar-refractivity contribution in [1.29, 1.82) is 0 Å². The van der Waals surface area contributed by atoms with Crippen LogP contribution in [0.3, 0.4) is 0 Å². The maximum absolute atomic E-state index is 13.9. The number of ether oxygens (including phenoxy) is 2. The molecule has 0 radical (unpaired) electrons. The highest BCUT2D eigenvalue weighted by Gasteiger charge is 2.23. The summed E-state index contributed by atoms with van der Waals surface area (Å²) in [6.45, 7) is 4.63. The number of carbonyl (C=O) groups is 1. The van der Waals surface area contributed by atoms with Crippen molar-refractivity contribution in [3.8, 4) is 10.8 Å². The molecule has 0 atom stereocenters. The van der Waals surface area contributed by atoms with E-state index in [4.69, 9.17) is 9.84 Å². The number of thiophene rings is 1. The first-order valence-electron chi connectivity index (χ1n) is 13.1. The lowest BCUT2D eigenvalue weighted by Crippen LogP contribution is -2.44. The maximum atomic E-state index is 13.9. The highest BCUT2D eigenvalue weighted by molar-refractivity contribution is 7.21. The molecule has 0 aliphatic heterocycles. The number of halogens is 1. The number of hydrogen-bond acceptors (Lipinski definition) is 8. The lowest BCUT2D eigenvalue weighted by atomic mass is 10.1. The zero-order valence-corrected chi connectivity index (χ0v) is 24.7. The van der Waals surface area contributed by atoms with E-state index in [2.05, 4.69) is 9.84 Å². The quantitative estimate of drug-likeness (QED) is 0.286. The number of aryl methyl sites for hydroxylation is 3. The van der Waals surface area contributed by atoms with Crippen LogP contribution in [0.4, 0.5) is 4.39 Å². The topological polar surface area (TPSA) is 121 Å². The minimum atomic E-state index is -0.589. The second-order valence-corrected chi connectivity index (χ2v) is 10.2. The molecule has 13 heteroatoms. The number of aliphatic hydroxyl groups excluding tert-OH is 1. The largest absolute Gasteiger partial charge is 0.496 e. The number of amides is 1. The SMILES string of the molecule is CCCN(C)C(=O)Cn1c(=O)c2c(C)c(-n3cccn3)sc2n(CCc2cc(F)ccc2OC)c1=O.COCCO. The summed E-state index contributed by atoms with van der Waals surface area (Å²) in [6.07, 6.45) is 4.44. The van der Waals surface area contributed by atoms with Gasteiger partial charge < -0.3 is 19.5 Å². The van der Waals surface area contributed by atoms with Crippen LogP contribution in [0.25, 0.3) is 15.2 Å². The Kier molecular flexibility index (Phi) is 11.4. The molecule has 0 fully saturated rings. The molecule has 0 saturated carbocycles. The molecule has 41 heavy (non-hydrogen) atoms. The third-order valence-electron chi connectivity index (χ3n) is 6.40. The number of aliphatic hydroxyl groups is 1. The standard InChI is InChI=1S/C25H28FN5O4S.C3H8O2/c1-5-11-28(3)20(32)15-30-22(33)21-16(2)23(31-12-6-10-27-31)36-24(21)29(25(30)34)13-9-17-14-18(26)7-8-19(17)35-4;1-5-3-2-4/h6-8,10,12,14H,5,9,11,13,15H2,1-4H3;4H,2-3H2,1H3. The van der Waals surface area contributed by atoms with E-state index in [0.29, 0.717) is 45.2 Å². The number of nitrogens with zero attached hydrogens (tertiary/aromatic N) is 5. The molecule has 0 aliphatic carbocycles. The molecule has 11 nitrogen and oxygen atoms in total. The van der Waals surface area contributed by atoms with Crippen LogP contribution in [0.15, 0.2) is 46.2 Å². The van der Waals surface area contributed by atoms with Crippen molar-refractivity contribution >= 4 is 27.5 Å². The van der Waals surface area contributed by atoms with Gasteiger partial charge in [0.2, 0.25) is 5.91 Å². The van der Waals surface area contributed by atoms with Crippen LogP contribution in [0.5, 0.6) is 5.75 Å². The van der Waals surface area contributed by atoms with E-state index >= 15 is 0 Å². The molecule has 0 saturated heterocycles. The Morgan fingerprint density at radius 3 is 2.56 bits per heavy atom. The number of hydrogen-bond donors (Lipinski definition) is 1. The fraction of sp³-hybridized carbons (Fsp3) is 0.429. The maximum Gasteiger partial charge on any atom is 0.332 e. The van der Waals surface area contributed by atoms with Crippen molar-refractivity contribution in [2.45, 2.75) is 39.8 Å². The lowest BCUT2D eigenvalue weighted by Gasteiger charge is -2.18. The minimum Gasteiger partial charge on any atom is -0.496 e. The normalized spacial score (nSPS) is 10.9. The van der Waals surface area contributed by atoms with Gasteiger partial charge in [-0.3, -0.25) is 18.7 Å². The van der Waals surface area contributed by atoms with Crippen molar-refractivity contribution < 1.29 is 23.8 Å². The third kappa shape index (κ3) is 7.29. The summed E-state index contributed by atoms with van der Waals surface area (Å²) in [6, 6.07) is 5.99. The molecular weight excluding hydrogens is 553 g/mol. The molecule has 1 aromatic carbocycles. The van der Waals surface area contributed by atoms with Crippen LogP contribution in [0.2, 0.25) is 0 Å². The summed E-state index contributed by atoms with van der Waals surface area (Å²) in [5.74, 6) is -0.232. The first-order chi connectivity index (χ1) is 19.7. The molecular formula is C28H36FN5O6S. The molecule has 222 valence electrons. The van der Waals surface area contributed by atoms with Crippen LogP contribution in [-0.2, 0) is 29.0 Å². The first-order valence-corrected chi connectivity index (χ1v) is 13.9. The first kappa shape index (κ1) is 31.7. The second kappa shape index (κ2) is 14.7. The summed E-state index contributed by atoms with van der Waals surface area (Å²) >= 11 is 1.28. The molecule has 1 amide bonds. The number of aromatic nitrogens is 4. The molecule has 0 aliphatic rings. The average Bonchev–Trinajstić information content (AvgIpc) is 3.60. The van der Waals surface area contributed by atoms with Crippen LogP contribution in [0.1, 0.15) is 24.5 Å². The van der Waals surface area contributed by atoms with Gasteiger partial charge >= 0.3 is 5.69 Å². The van der Waals surface area contributed by atoms with E-state index in [9.17, 15) is 18.8 Å². The summed E-state index contributed by atoms with van der Waals surface area (Å²) in [5, 5.41) is 13.3. The number of methoxy groups -OCH3 is 2. The summed E-state index contributed by atoms with van der Waals surface area (Å²) in [4.78, 5) is 41.9. The van der Waals surface area contributed by atoms with E-state index in [1.807, 2.05) is 6.92 Å². The van der Waals surface area contributed by atoms with Gasteiger partial charge in [-0.25, -0.2) is 13.9 Å². The number of carbonyl (C=O) groups excluding carboxylic acids is 1. The lowest BCUT2D eigenvalue weighted by molar-refractivity contribution is -0.130. The minimum absolute atomic E-state index is 0.122. The molecule has 0 unspecified atom stereocenters. The Balaban J connectivity index is 0.000000850.